The number of hydrogen-bond acceptors (Lipinski definition) is 1. The van der Waals surface area contributed by atoms with Gasteiger partial charge in [0.2, 0.25) is 5.91 Å². The predicted octanol–water partition coefficient (Wildman–Crippen LogP) is 4.36. The average Bonchev–Trinajstić information content (AvgIpc) is 2.91. The highest BCUT2D eigenvalue weighted by molar-refractivity contribution is 6.17. The van der Waals surface area contributed by atoms with Gasteiger partial charge in [-0.15, -0.1) is 0 Å². The van der Waals surface area contributed by atoms with Gasteiger partial charge in [0.25, 0.3) is 0 Å². The van der Waals surface area contributed by atoms with E-state index in [0.717, 1.165) is 12.1 Å². The van der Waals surface area contributed by atoms with Crippen LogP contribution in [-0.2, 0) is 6.54 Å². The molecule has 26 heavy (non-hydrogen) atoms. The van der Waals surface area contributed by atoms with Crippen LogP contribution in [0, 0.1) is 17.5 Å². The number of carbonyl (C=O) groups excluding carboxylic acids is 1. The summed E-state index contributed by atoms with van der Waals surface area (Å²) >= 11 is 0. The first kappa shape index (κ1) is 16.2. The van der Waals surface area contributed by atoms with Crippen LogP contribution in [0.2, 0.25) is 0 Å². The zero-order valence-electron chi connectivity index (χ0n) is 13.5. The van der Waals surface area contributed by atoms with Crippen LogP contribution in [0.25, 0.3) is 21.8 Å². The van der Waals surface area contributed by atoms with Crippen molar-refractivity contribution in [3.8, 4) is 0 Å². The minimum Gasteiger partial charge on any atom is -0.366 e. The Morgan fingerprint density at radius 1 is 0.923 bits per heavy atom. The molecule has 0 aliphatic heterocycles. The summed E-state index contributed by atoms with van der Waals surface area (Å²) < 4.78 is 42.4. The molecule has 4 rings (SSSR count). The van der Waals surface area contributed by atoms with Gasteiger partial charge in [-0.05, 0) is 48.0 Å². The lowest BCUT2D eigenvalue weighted by atomic mass is 10.1. The van der Waals surface area contributed by atoms with Crippen molar-refractivity contribution in [3.05, 3.63) is 83.2 Å². The predicted molar refractivity (Wildman–Crippen MR) is 93.4 cm³/mol. The Morgan fingerprint density at radius 3 is 2.46 bits per heavy atom. The van der Waals surface area contributed by atoms with Gasteiger partial charge in [-0.3, -0.25) is 4.79 Å². The second-order valence-electron chi connectivity index (χ2n) is 6.06. The van der Waals surface area contributed by atoms with Crippen molar-refractivity contribution in [2.75, 3.05) is 0 Å². The molecule has 1 heterocycles. The number of nitrogens with two attached hydrogens (primary N) is 1. The van der Waals surface area contributed by atoms with Crippen molar-refractivity contribution in [2.45, 2.75) is 6.54 Å². The summed E-state index contributed by atoms with van der Waals surface area (Å²) in [6.07, 6.45) is 0. The van der Waals surface area contributed by atoms with Gasteiger partial charge < -0.3 is 10.3 Å². The Labute approximate surface area is 146 Å². The van der Waals surface area contributed by atoms with Crippen molar-refractivity contribution in [1.29, 1.82) is 0 Å². The molecule has 1 amide bonds. The van der Waals surface area contributed by atoms with E-state index in [2.05, 4.69) is 0 Å². The van der Waals surface area contributed by atoms with Crippen LogP contribution in [0.5, 0.6) is 0 Å². The molecule has 6 heteroatoms. The van der Waals surface area contributed by atoms with Crippen molar-refractivity contribution in [1.82, 2.24) is 4.57 Å². The van der Waals surface area contributed by atoms with Gasteiger partial charge in [-0.2, -0.15) is 0 Å². The van der Waals surface area contributed by atoms with Gasteiger partial charge in [0.1, 0.15) is 5.82 Å². The van der Waals surface area contributed by atoms with Crippen molar-refractivity contribution >= 4 is 27.7 Å². The maximum Gasteiger partial charge on any atom is 0.249 e. The van der Waals surface area contributed by atoms with E-state index in [1.165, 1.54) is 18.2 Å². The summed E-state index contributed by atoms with van der Waals surface area (Å²) in [5.74, 6) is -2.91. The second-order valence-corrected chi connectivity index (χ2v) is 6.06. The highest BCUT2D eigenvalue weighted by atomic mass is 19.2. The summed E-state index contributed by atoms with van der Waals surface area (Å²) in [5, 5.41) is 1.27. The second kappa shape index (κ2) is 5.91. The first-order valence-corrected chi connectivity index (χ1v) is 7.90. The monoisotopic (exact) mass is 354 g/mol. The Bertz CT molecular complexity index is 1180. The van der Waals surface area contributed by atoms with Gasteiger partial charge in [-0.1, -0.05) is 12.1 Å². The fourth-order valence-corrected chi connectivity index (χ4v) is 3.31. The molecular formula is C20H13F3N2O. The zero-order valence-corrected chi connectivity index (χ0v) is 13.5. The van der Waals surface area contributed by atoms with Crippen molar-refractivity contribution in [2.24, 2.45) is 5.73 Å². The van der Waals surface area contributed by atoms with Crippen molar-refractivity contribution < 1.29 is 18.0 Å². The molecule has 0 atom stereocenters. The van der Waals surface area contributed by atoms with Gasteiger partial charge in [0.15, 0.2) is 11.6 Å². The summed E-state index contributed by atoms with van der Waals surface area (Å²) in [6, 6.07) is 12.9. The molecule has 0 unspecified atom stereocenters. The third kappa shape index (κ3) is 2.50. The highest BCUT2D eigenvalue weighted by Crippen LogP contribution is 2.32. The molecule has 0 radical (unpaired) electrons. The number of primary amides is 1. The summed E-state index contributed by atoms with van der Waals surface area (Å²) in [4.78, 5) is 11.8. The molecule has 0 saturated carbocycles. The normalized spacial score (nSPS) is 11.3. The molecule has 0 spiro atoms. The SMILES string of the molecule is NC(=O)c1cccc2c1c1ccc(F)cc1n2Cc1ccc(F)c(F)c1. The van der Waals surface area contributed by atoms with Gasteiger partial charge >= 0.3 is 0 Å². The van der Waals surface area contributed by atoms with Crippen LogP contribution in [0.1, 0.15) is 15.9 Å². The van der Waals surface area contributed by atoms with E-state index in [4.69, 9.17) is 5.73 Å². The van der Waals surface area contributed by atoms with Crippen LogP contribution >= 0.6 is 0 Å². The van der Waals surface area contributed by atoms with E-state index >= 15 is 0 Å². The van der Waals surface area contributed by atoms with Gasteiger partial charge in [0, 0.05) is 22.9 Å². The summed E-state index contributed by atoms with van der Waals surface area (Å²) in [7, 11) is 0. The van der Waals surface area contributed by atoms with Crippen LogP contribution < -0.4 is 5.73 Å². The lowest BCUT2D eigenvalue weighted by molar-refractivity contribution is 0.100. The number of halogens is 3. The minimum absolute atomic E-state index is 0.183. The Hall–Kier alpha value is -3.28. The largest absolute Gasteiger partial charge is 0.366 e. The number of carbonyl (C=O) groups is 1. The number of fused-ring (bicyclic) bond motifs is 3. The van der Waals surface area contributed by atoms with Crippen LogP contribution in [-0.4, -0.2) is 10.5 Å². The van der Waals surface area contributed by atoms with Crippen LogP contribution in [0.3, 0.4) is 0 Å². The zero-order chi connectivity index (χ0) is 18.4. The molecule has 0 fully saturated rings. The number of rotatable bonds is 3. The van der Waals surface area contributed by atoms with E-state index in [-0.39, 0.29) is 6.54 Å². The number of amides is 1. The first-order valence-electron chi connectivity index (χ1n) is 7.90. The van der Waals surface area contributed by atoms with E-state index < -0.39 is 23.4 Å². The number of aromatic nitrogens is 1. The Balaban J connectivity index is 2.03. The third-order valence-electron chi connectivity index (χ3n) is 4.44. The van der Waals surface area contributed by atoms with Gasteiger partial charge in [0.05, 0.1) is 11.0 Å². The smallest absolute Gasteiger partial charge is 0.249 e. The number of benzene rings is 3. The number of nitrogens with zero attached hydrogens (tertiary/aromatic N) is 1. The molecule has 4 aromatic rings. The van der Waals surface area contributed by atoms with E-state index in [1.807, 2.05) is 0 Å². The number of hydrogen-bond donors (Lipinski definition) is 1. The molecule has 0 aliphatic carbocycles. The molecule has 1 aromatic heterocycles. The lowest BCUT2D eigenvalue weighted by Gasteiger charge is -2.09. The average molecular weight is 354 g/mol. The maximum atomic E-state index is 13.8. The van der Waals surface area contributed by atoms with E-state index in [9.17, 15) is 18.0 Å². The topological polar surface area (TPSA) is 48.0 Å². The molecular weight excluding hydrogens is 341 g/mol. The van der Waals surface area contributed by atoms with Gasteiger partial charge in [-0.25, -0.2) is 13.2 Å². The van der Waals surface area contributed by atoms with E-state index in [0.29, 0.717) is 32.9 Å². The molecule has 2 N–H and O–H groups in total. The lowest BCUT2D eigenvalue weighted by Crippen LogP contribution is -2.11. The van der Waals surface area contributed by atoms with Crippen LogP contribution in [0.15, 0.2) is 54.6 Å². The molecule has 0 saturated heterocycles. The van der Waals surface area contributed by atoms with Crippen LogP contribution in [0.4, 0.5) is 13.2 Å². The Kier molecular flexibility index (Phi) is 3.68. The Morgan fingerprint density at radius 2 is 1.73 bits per heavy atom. The summed E-state index contributed by atoms with van der Waals surface area (Å²) in [6.45, 7) is 0.183. The first-order chi connectivity index (χ1) is 12.5. The fraction of sp³-hybridized carbons (Fsp3) is 0.0500. The third-order valence-corrected chi connectivity index (χ3v) is 4.44. The minimum atomic E-state index is -0.952. The molecule has 130 valence electrons. The molecule has 3 nitrogen and oxygen atoms in total. The summed E-state index contributed by atoms with van der Waals surface area (Å²) in [5.41, 5.74) is 7.52. The molecule has 3 aromatic carbocycles. The molecule has 0 bridgehead atoms. The quantitative estimate of drug-likeness (QED) is 0.584. The van der Waals surface area contributed by atoms with E-state index in [1.54, 1.807) is 28.8 Å². The standard InChI is InChI=1S/C20H13F3N2O/c21-12-5-6-13-18(9-12)25(10-11-4-7-15(22)16(23)8-11)17-3-1-2-14(19(13)17)20(24)26/h1-9H,10H2,(H2,24,26). The van der Waals surface area contributed by atoms with Crippen molar-refractivity contribution in [3.63, 3.8) is 0 Å². The molecule has 0 aliphatic rings. The fourth-order valence-electron chi connectivity index (χ4n) is 3.31. The maximum absolute atomic E-state index is 13.8. The highest BCUT2D eigenvalue weighted by Gasteiger charge is 2.17.